The fourth-order valence-corrected chi connectivity index (χ4v) is 1.20. The summed E-state index contributed by atoms with van der Waals surface area (Å²) in [7, 11) is 3.04. The maximum Gasteiger partial charge on any atom is 0.286 e. The second-order valence-corrected chi connectivity index (χ2v) is 3.20. The SMILES string of the molecule is COc1ccc(/C=N\N/C(N)=N\[N+](=O)[O-])c(OC)c1. The molecule has 0 saturated heterocycles. The van der Waals surface area contributed by atoms with Gasteiger partial charge in [-0.25, -0.2) is 15.5 Å². The number of guanidine groups is 1. The number of hydrazone groups is 2. The Hall–Kier alpha value is -2.84. The summed E-state index contributed by atoms with van der Waals surface area (Å²) < 4.78 is 10.2. The average Bonchev–Trinajstić information content (AvgIpc) is 2.38. The van der Waals surface area contributed by atoms with Gasteiger partial charge in [0.25, 0.3) is 5.96 Å². The van der Waals surface area contributed by atoms with E-state index in [1.54, 1.807) is 25.3 Å². The van der Waals surface area contributed by atoms with Gasteiger partial charge in [-0.1, -0.05) is 0 Å². The molecule has 0 bridgehead atoms. The molecule has 0 spiro atoms. The van der Waals surface area contributed by atoms with Crippen LogP contribution in [-0.4, -0.2) is 31.4 Å². The Balaban J connectivity index is 2.79. The summed E-state index contributed by atoms with van der Waals surface area (Å²) in [5.74, 6) is 0.750. The highest BCUT2D eigenvalue weighted by molar-refractivity contribution is 5.85. The van der Waals surface area contributed by atoms with E-state index in [0.29, 0.717) is 17.1 Å². The van der Waals surface area contributed by atoms with Crippen LogP contribution in [0.3, 0.4) is 0 Å². The molecular formula is C10H13N5O4. The maximum atomic E-state index is 10.0. The molecule has 3 N–H and O–H groups in total. The lowest BCUT2D eigenvalue weighted by molar-refractivity contribution is -0.485. The summed E-state index contributed by atoms with van der Waals surface area (Å²) in [4.78, 5) is 10.0. The molecule has 19 heavy (non-hydrogen) atoms. The van der Waals surface area contributed by atoms with Gasteiger partial charge in [0.05, 0.1) is 20.4 Å². The van der Waals surface area contributed by atoms with E-state index < -0.39 is 11.0 Å². The van der Waals surface area contributed by atoms with Crippen LogP contribution in [0.2, 0.25) is 0 Å². The molecule has 0 fully saturated rings. The maximum absolute atomic E-state index is 10.0. The third kappa shape index (κ3) is 4.50. The third-order valence-electron chi connectivity index (χ3n) is 2.01. The minimum atomic E-state index is -0.925. The predicted molar refractivity (Wildman–Crippen MR) is 68.9 cm³/mol. The topological polar surface area (TPSA) is 124 Å². The van der Waals surface area contributed by atoms with Gasteiger partial charge < -0.3 is 15.2 Å². The van der Waals surface area contributed by atoms with Crippen molar-refractivity contribution in [1.82, 2.24) is 5.43 Å². The standard InChI is InChI=1S/C10H13N5O4/c1-18-8-4-3-7(9(5-8)19-2)6-12-13-10(11)14-15(16)17/h3-6H,1-2H3,(H3,11,13,14)/b12-6-. The van der Waals surface area contributed by atoms with Gasteiger partial charge in [-0.05, 0) is 12.1 Å². The number of ether oxygens (including phenoxy) is 2. The normalized spacial score (nSPS) is 11.4. The minimum Gasteiger partial charge on any atom is -0.497 e. The molecule has 0 amide bonds. The molecule has 0 atom stereocenters. The summed E-state index contributed by atoms with van der Waals surface area (Å²) in [6.45, 7) is 0. The van der Waals surface area contributed by atoms with E-state index in [2.05, 4.69) is 15.6 Å². The van der Waals surface area contributed by atoms with Crippen LogP contribution in [0, 0.1) is 10.1 Å². The Bertz CT molecular complexity index is 515. The summed E-state index contributed by atoms with van der Waals surface area (Å²) in [6.07, 6.45) is 1.39. The van der Waals surface area contributed by atoms with Gasteiger partial charge in [0.2, 0.25) is 0 Å². The molecule has 0 aliphatic heterocycles. The summed E-state index contributed by atoms with van der Waals surface area (Å²) >= 11 is 0. The van der Waals surface area contributed by atoms with Crippen LogP contribution in [0.4, 0.5) is 0 Å². The summed E-state index contributed by atoms with van der Waals surface area (Å²) in [5, 5.41) is 15.6. The Kier molecular flexibility index (Phi) is 5.08. The van der Waals surface area contributed by atoms with Crippen molar-refractivity contribution in [3.63, 3.8) is 0 Å². The largest absolute Gasteiger partial charge is 0.497 e. The molecule has 0 aromatic heterocycles. The Morgan fingerprint density at radius 1 is 1.47 bits per heavy atom. The third-order valence-corrected chi connectivity index (χ3v) is 2.01. The Morgan fingerprint density at radius 3 is 2.79 bits per heavy atom. The number of nitrogens with zero attached hydrogens (tertiary/aromatic N) is 3. The van der Waals surface area contributed by atoms with Gasteiger partial charge in [-0.15, -0.1) is 0 Å². The first-order valence-corrected chi connectivity index (χ1v) is 5.06. The zero-order valence-corrected chi connectivity index (χ0v) is 10.4. The van der Waals surface area contributed by atoms with E-state index in [0.717, 1.165) is 0 Å². The second kappa shape index (κ2) is 6.79. The molecule has 1 aromatic carbocycles. The fraction of sp³-hybridized carbons (Fsp3) is 0.200. The number of hydrogen-bond acceptors (Lipinski definition) is 5. The van der Waals surface area contributed by atoms with Crippen molar-refractivity contribution in [2.75, 3.05) is 14.2 Å². The van der Waals surface area contributed by atoms with Gasteiger partial charge in [0.15, 0.2) is 5.03 Å². The van der Waals surface area contributed by atoms with Gasteiger partial charge >= 0.3 is 0 Å². The lowest BCUT2D eigenvalue weighted by Crippen LogP contribution is -2.28. The molecular weight excluding hydrogens is 254 g/mol. The first-order valence-electron chi connectivity index (χ1n) is 5.06. The molecule has 9 heteroatoms. The van der Waals surface area contributed by atoms with Gasteiger partial charge in [0.1, 0.15) is 16.6 Å². The number of hydrogen-bond donors (Lipinski definition) is 2. The van der Waals surface area contributed by atoms with E-state index in [-0.39, 0.29) is 0 Å². The number of nitrogens with one attached hydrogen (secondary N) is 1. The fourth-order valence-electron chi connectivity index (χ4n) is 1.20. The molecule has 0 saturated carbocycles. The first-order chi connectivity index (χ1) is 9.06. The van der Waals surface area contributed by atoms with Gasteiger partial charge in [-0.2, -0.15) is 5.10 Å². The number of methoxy groups -OCH3 is 2. The van der Waals surface area contributed by atoms with Crippen LogP contribution in [-0.2, 0) is 0 Å². The molecule has 102 valence electrons. The highest BCUT2D eigenvalue weighted by Crippen LogP contribution is 2.22. The van der Waals surface area contributed by atoms with E-state index in [4.69, 9.17) is 15.2 Å². The highest BCUT2D eigenvalue weighted by atomic mass is 16.7. The van der Waals surface area contributed by atoms with Gasteiger partial charge in [0, 0.05) is 11.6 Å². The zero-order chi connectivity index (χ0) is 14.3. The van der Waals surface area contributed by atoms with Crippen LogP contribution in [0.25, 0.3) is 0 Å². The number of rotatable bonds is 5. The minimum absolute atomic E-state index is 0.422. The van der Waals surface area contributed by atoms with Crippen molar-refractivity contribution < 1.29 is 14.5 Å². The molecule has 0 unspecified atom stereocenters. The van der Waals surface area contributed by atoms with Crippen LogP contribution in [0.1, 0.15) is 5.56 Å². The highest BCUT2D eigenvalue weighted by Gasteiger charge is 2.02. The van der Waals surface area contributed by atoms with E-state index >= 15 is 0 Å². The lowest BCUT2D eigenvalue weighted by atomic mass is 10.2. The quantitative estimate of drug-likeness (QED) is 0.338. The van der Waals surface area contributed by atoms with Crippen molar-refractivity contribution in [3.8, 4) is 11.5 Å². The Morgan fingerprint density at radius 2 is 2.21 bits per heavy atom. The molecule has 1 rings (SSSR count). The molecule has 0 aliphatic rings. The summed E-state index contributed by atoms with van der Waals surface area (Å²) in [5.41, 5.74) is 8.04. The number of nitro groups is 1. The van der Waals surface area contributed by atoms with Crippen molar-refractivity contribution in [1.29, 1.82) is 0 Å². The Labute approximate surface area is 108 Å². The van der Waals surface area contributed by atoms with E-state index in [9.17, 15) is 10.1 Å². The van der Waals surface area contributed by atoms with Crippen molar-refractivity contribution >= 4 is 12.2 Å². The number of benzene rings is 1. The molecule has 0 radical (unpaired) electrons. The number of nitrogens with two attached hydrogens (primary N) is 1. The van der Waals surface area contributed by atoms with Crippen LogP contribution in [0.5, 0.6) is 11.5 Å². The smallest absolute Gasteiger partial charge is 0.286 e. The average molecular weight is 267 g/mol. The molecule has 0 heterocycles. The lowest BCUT2D eigenvalue weighted by Gasteiger charge is -2.06. The predicted octanol–water partition coefficient (Wildman–Crippen LogP) is 0.134. The van der Waals surface area contributed by atoms with E-state index in [1.807, 2.05) is 0 Å². The molecule has 0 aliphatic carbocycles. The van der Waals surface area contributed by atoms with Crippen LogP contribution < -0.4 is 20.6 Å². The molecule has 9 nitrogen and oxygen atoms in total. The second-order valence-electron chi connectivity index (χ2n) is 3.20. The summed E-state index contributed by atoms with van der Waals surface area (Å²) in [6, 6.07) is 5.11. The van der Waals surface area contributed by atoms with Crippen molar-refractivity contribution in [2.45, 2.75) is 0 Å². The monoisotopic (exact) mass is 267 g/mol. The zero-order valence-electron chi connectivity index (χ0n) is 10.4. The van der Waals surface area contributed by atoms with Crippen molar-refractivity contribution in [3.05, 3.63) is 33.9 Å². The first kappa shape index (κ1) is 14.2. The van der Waals surface area contributed by atoms with Gasteiger partial charge in [-0.3, -0.25) is 0 Å². The van der Waals surface area contributed by atoms with Crippen molar-refractivity contribution in [2.24, 2.45) is 15.9 Å². The molecule has 1 aromatic rings. The van der Waals surface area contributed by atoms with E-state index in [1.165, 1.54) is 13.3 Å². The van der Waals surface area contributed by atoms with Crippen LogP contribution in [0.15, 0.2) is 28.4 Å². The van der Waals surface area contributed by atoms with Crippen LogP contribution >= 0.6 is 0 Å².